The zero-order valence-electron chi connectivity index (χ0n) is 11.8. The van der Waals surface area contributed by atoms with Gasteiger partial charge in [-0.15, -0.1) is 11.3 Å². The summed E-state index contributed by atoms with van der Waals surface area (Å²) < 4.78 is 1.35. The van der Waals surface area contributed by atoms with E-state index in [1.165, 1.54) is 9.56 Å². The van der Waals surface area contributed by atoms with E-state index >= 15 is 0 Å². The topological polar surface area (TPSA) is 46.9 Å². The first kappa shape index (κ1) is 15.1. The Bertz CT molecular complexity index is 634. The van der Waals surface area contributed by atoms with Crippen LogP contribution in [0.5, 0.6) is 0 Å². The number of hydrogen-bond donors (Lipinski definition) is 1. The lowest BCUT2D eigenvalue weighted by molar-refractivity contribution is 0.567. The molecule has 1 N–H and O–H groups in total. The fraction of sp³-hybridized carbons (Fsp3) is 0.429. The van der Waals surface area contributed by atoms with Crippen molar-refractivity contribution in [1.82, 2.24) is 9.78 Å². The van der Waals surface area contributed by atoms with Crippen molar-refractivity contribution in [2.75, 3.05) is 11.9 Å². The van der Waals surface area contributed by atoms with E-state index in [2.05, 4.69) is 35.7 Å². The lowest BCUT2D eigenvalue weighted by atomic mass is 9.91. The van der Waals surface area contributed by atoms with Gasteiger partial charge in [0.05, 0.1) is 11.9 Å². The maximum absolute atomic E-state index is 11.9. The first-order valence-corrected chi connectivity index (χ1v) is 7.75. The molecule has 0 saturated heterocycles. The lowest BCUT2D eigenvalue weighted by Gasteiger charge is -2.24. The van der Waals surface area contributed by atoms with E-state index < -0.39 is 0 Å². The summed E-state index contributed by atoms with van der Waals surface area (Å²) in [5.74, 6) is 0. The number of halogens is 1. The van der Waals surface area contributed by atoms with Crippen molar-refractivity contribution in [3.8, 4) is 0 Å². The van der Waals surface area contributed by atoms with Crippen LogP contribution in [0.3, 0.4) is 0 Å². The highest BCUT2D eigenvalue weighted by Gasteiger charge is 2.22. The smallest absolute Gasteiger partial charge is 0.287 e. The van der Waals surface area contributed by atoms with Gasteiger partial charge in [0, 0.05) is 23.4 Å². The molecule has 0 saturated carbocycles. The molecule has 0 atom stereocenters. The lowest BCUT2D eigenvalue weighted by Crippen LogP contribution is -2.29. The summed E-state index contributed by atoms with van der Waals surface area (Å²) in [4.78, 5) is 13.2. The molecule has 0 amide bonds. The van der Waals surface area contributed by atoms with Gasteiger partial charge in [-0.1, -0.05) is 31.5 Å². The quantitative estimate of drug-likeness (QED) is 0.921. The molecule has 0 bridgehead atoms. The molecule has 0 aliphatic carbocycles. The van der Waals surface area contributed by atoms with E-state index in [0.29, 0.717) is 18.8 Å². The number of hydrogen-bond acceptors (Lipinski definition) is 4. The molecule has 0 spiro atoms. The molecule has 4 nitrogen and oxygen atoms in total. The molecule has 0 aliphatic rings. The van der Waals surface area contributed by atoms with Gasteiger partial charge in [-0.3, -0.25) is 4.79 Å². The van der Waals surface area contributed by atoms with E-state index in [-0.39, 0.29) is 16.0 Å². The van der Waals surface area contributed by atoms with Gasteiger partial charge in [0.1, 0.15) is 5.02 Å². The van der Waals surface area contributed by atoms with Gasteiger partial charge in [-0.05, 0) is 18.4 Å². The summed E-state index contributed by atoms with van der Waals surface area (Å²) >= 11 is 7.82. The van der Waals surface area contributed by atoms with Crippen molar-refractivity contribution in [2.45, 2.75) is 32.7 Å². The van der Waals surface area contributed by atoms with Crippen LogP contribution in [-0.4, -0.2) is 16.3 Å². The van der Waals surface area contributed by atoms with Crippen LogP contribution in [0.15, 0.2) is 28.5 Å². The highest BCUT2D eigenvalue weighted by Crippen LogP contribution is 2.28. The van der Waals surface area contributed by atoms with Gasteiger partial charge in [0.25, 0.3) is 5.56 Å². The molecule has 108 valence electrons. The van der Waals surface area contributed by atoms with Gasteiger partial charge >= 0.3 is 0 Å². The van der Waals surface area contributed by atoms with Crippen molar-refractivity contribution in [1.29, 1.82) is 0 Å². The molecular formula is C14H18ClN3OS. The zero-order chi connectivity index (χ0) is 14.8. The van der Waals surface area contributed by atoms with Crippen LogP contribution in [0.1, 0.15) is 25.6 Å². The fourth-order valence-corrected chi connectivity index (χ4v) is 2.95. The summed E-state index contributed by atoms with van der Waals surface area (Å²) in [5, 5.41) is 9.57. The zero-order valence-corrected chi connectivity index (χ0v) is 13.4. The average molecular weight is 312 g/mol. The van der Waals surface area contributed by atoms with Gasteiger partial charge < -0.3 is 5.32 Å². The van der Waals surface area contributed by atoms with Crippen LogP contribution in [0, 0.1) is 0 Å². The van der Waals surface area contributed by atoms with Gasteiger partial charge in [0.15, 0.2) is 0 Å². The Labute approximate surface area is 127 Å². The summed E-state index contributed by atoms with van der Waals surface area (Å²) in [5.41, 5.74) is 0.302. The van der Waals surface area contributed by atoms with Gasteiger partial charge in [-0.2, -0.15) is 5.10 Å². The summed E-state index contributed by atoms with van der Waals surface area (Å²) in [7, 11) is 0. The maximum atomic E-state index is 11.9. The molecule has 2 heterocycles. The highest BCUT2D eigenvalue weighted by molar-refractivity contribution is 7.10. The second-order valence-electron chi connectivity index (χ2n) is 5.21. The van der Waals surface area contributed by atoms with Gasteiger partial charge in [0.2, 0.25) is 0 Å². The molecule has 0 radical (unpaired) electrons. The highest BCUT2D eigenvalue weighted by atomic mass is 35.5. The predicted molar refractivity (Wildman–Crippen MR) is 85.0 cm³/mol. The second kappa shape index (κ2) is 5.97. The minimum Gasteiger partial charge on any atom is -0.381 e. The summed E-state index contributed by atoms with van der Waals surface area (Å²) in [6.45, 7) is 7.36. The first-order valence-electron chi connectivity index (χ1n) is 6.49. The number of thiophene rings is 1. The van der Waals surface area contributed by atoms with Crippen molar-refractivity contribution >= 4 is 28.6 Å². The fourth-order valence-electron chi connectivity index (χ4n) is 1.88. The van der Waals surface area contributed by atoms with Crippen molar-refractivity contribution in [3.05, 3.63) is 44.0 Å². The third kappa shape index (κ3) is 3.04. The number of nitrogens with zero attached hydrogens (tertiary/aromatic N) is 2. The molecule has 0 unspecified atom stereocenters. The molecule has 2 rings (SSSR count). The monoisotopic (exact) mass is 311 g/mol. The Kier molecular flexibility index (Phi) is 4.50. The van der Waals surface area contributed by atoms with Crippen molar-refractivity contribution in [3.63, 3.8) is 0 Å². The Balaban J connectivity index is 2.16. The van der Waals surface area contributed by atoms with Crippen molar-refractivity contribution < 1.29 is 0 Å². The minimum atomic E-state index is -0.256. The molecule has 20 heavy (non-hydrogen) atoms. The third-order valence-corrected chi connectivity index (χ3v) is 4.79. The summed E-state index contributed by atoms with van der Waals surface area (Å²) in [6.07, 6.45) is 1.61. The molecule has 2 aromatic heterocycles. The Hall–Kier alpha value is -1.33. The molecule has 0 aromatic carbocycles. The number of nitrogens with one attached hydrogen (secondary N) is 1. The molecule has 6 heteroatoms. The summed E-state index contributed by atoms with van der Waals surface area (Å²) in [6, 6.07) is 4.15. The Morgan fingerprint density at radius 1 is 1.50 bits per heavy atom. The van der Waals surface area contributed by atoms with Crippen LogP contribution < -0.4 is 10.9 Å². The normalized spacial score (nSPS) is 11.6. The number of rotatable bonds is 5. The van der Waals surface area contributed by atoms with Crippen LogP contribution >= 0.6 is 22.9 Å². The van der Waals surface area contributed by atoms with Gasteiger partial charge in [-0.25, -0.2) is 4.68 Å². The third-order valence-electron chi connectivity index (χ3n) is 3.19. The predicted octanol–water partition coefficient (Wildman–Crippen LogP) is 3.37. The standard InChI is InChI=1S/C14H18ClN3OS/c1-4-18-13(19)12(15)10(8-17-18)16-9-14(2,3)11-6-5-7-20-11/h5-8,16H,4,9H2,1-3H3. The number of anilines is 1. The van der Waals surface area contributed by atoms with E-state index in [9.17, 15) is 4.79 Å². The SMILES string of the molecule is CCn1ncc(NCC(C)(C)c2cccs2)c(Cl)c1=O. The second-order valence-corrected chi connectivity index (χ2v) is 6.53. The van der Waals surface area contributed by atoms with E-state index in [1.807, 2.05) is 13.0 Å². The van der Waals surface area contributed by atoms with E-state index in [0.717, 1.165) is 0 Å². The van der Waals surface area contributed by atoms with Crippen molar-refractivity contribution in [2.24, 2.45) is 0 Å². The van der Waals surface area contributed by atoms with Crippen LogP contribution in [0.2, 0.25) is 5.02 Å². The maximum Gasteiger partial charge on any atom is 0.287 e. The van der Waals surface area contributed by atoms with E-state index in [1.54, 1.807) is 17.5 Å². The van der Waals surface area contributed by atoms with Crippen LogP contribution in [0.25, 0.3) is 0 Å². The van der Waals surface area contributed by atoms with Crippen LogP contribution in [-0.2, 0) is 12.0 Å². The molecule has 2 aromatic rings. The number of aromatic nitrogens is 2. The van der Waals surface area contributed by atoms with E-state index in [4.69, 9.17) is 11.6 Å². The molecule has 0 fully saturated rings. The molecule has 0 aliphatic heterocycles. The Morgan fingerprint density at radius 2 is 2.25 bits per heavy atom. The average Bonchev–Trinajstić information content (AvgIpc) is 2.95. The van der Waals surface area contributed by atoms with Crippen LogP contribution in [0.4, 0.5) is 5.69 Å². The Morgan fingerprint density at radius 3 is 2.85 bits per heavy atom. The molecular weight excluding hydrogens is 294 g/mol. The number of aryl methyl sites for hydroxylation is 1. The first-order chi connectivity index (χ1) is 9.45. The largest absolute Gasteiger partial charge is 0.381 e. The minimum absolute atomic E-state index is 0.0306.